The van der Waals surface area contributed by atoms with Crippen LogP contribution in [0, 0.1) is 0 Å². The van der Waals surface area contributed by atoms with Gasteiger partial charge in [0.1, 0.15) is 18.5 Å². The second-order valence-corrected chi connectivity index (χ2v) is 5.74. The summed E-state index contributed by atoms with van der Waals surface area (Å²) in [6.45, 7) is 2.56. The van der Waals surface area contributed by atoms with Gasteiger partial charge in [-0.05, 0) is 32.1 Å². The zero-order valence-electron chi connectivity index (χ0n) is 12.9. The van der Waals surface area contributed by atoms with Gasteiger partial charge in [-0.15, -0.1) is 0 Å². The minimum Gasteiger partial charge on any atom is -0.340 e. The summed E-state index contributed by atoms with van der Waals surface area (Å²) in [5, 5.41) is 0. The second kappa shape index (κ2) is 6.68. The van der Waals surface area contributed by atoms with Gasteiger partial charge >= 0.3 is 0 Å². The van der Waals surface area contributed by atoms with E-state index in [9.17, 15) is 4.79 Å². The molecule has 3 heterocycles. The molecule has 2 aromatic rings. The number of aromatic nitrogens is 4. The molecule has 6 nitrogen and oxygen atoms in total. The first-order valence-corrected chi connectivity index (χ1v) is 7.80. The Morgan fingerprint density at radius 2 is 2.27 bits per heavy atom. The summed E-state index contributed by atoms with van der Waals surface area (Å²) in [6, 6.07) is 2.33. The molecule has 0 spiro atoms. The lowest BCUT2D eigenvalue weighted by atomic mass is 9.97. The van der Waals surface area contributed by atoms with Gasteiger partial charge in [0.25, 0.3) is 0 Å². The van der Waals surface area contributed by atoms with Gasteiger partial charge in [-0.3, -0.25) is 9.36 Å². The van der Waals surface area contributed by atoms with Gasteiger partial charge in [-0.25, -0.2) is 15.0 Å². The summed E-state index contributed by atoms with van der Waals surface area (Å²) in [6.07, 6.45) is 12.2. The minimum atomic E-state index is 0.187. The van der Waals surface area contributed by atoms with Crippen LogP contribution in [0.4, 0.5) is 0 Å². The number of nitrogens with zero attached hydrogens (tertiary/aromatic N) is 5. The van der Waals surface area contributed by atoms with Gasteiger partial charge in [0, 0.05) is 43.7 Å². The molecule has 0 aliphatic carbocycles. The molecule has 0 saturated carbocycles. The third kappa shape index (κ3) is 3.32. The first kappa shape index (κ1) is 14.7. The van der Waals surface area contributed by atoms with Crippen molar-refractivity contribution in [2.75, 3.05) is 6.54 Å². The van der Waals surface area contributed by atoms with Gasteiger partial charge in [0.15, 0.2) is 0 Å². The lowest BCUT2D eigenvalue weighted by Crippen LogP contribution is -2.42. The summed E-state index contributed by atoms with van der Waals surface area (Å²) in [5.41, 5.74) is 1.01. The summed E-state index contributed by atoms with van der Waals surface area (Å²) < 4.78 is 1.87. The summed E-state index contributed by atoms with van der Waals surface area (Å²) in [5.74, 6) is 1.01. The molecule has 0 N–H and O–H groups in total. The second-order valence-electron chi connectivity index (χ2n) is 5.74. The Morgan fingerprint density at radius 3 is 3.05 bits per heavy atom. The van der Waals surface area contributed by atoms with Crippen LogP contribution in [0.3, 0.4) is 0 Å². The van der Waals surface area contributed by atoms with Crippen LogP contribution in [-0.2, 0) is 11.2 Å². The normalized spacial score (nSPS) is 18.4. The molecule has 0 aromatic carbocycles. The largest absolute Gasteiger partial charge is 0.340 e. The van der Waals surface area contributed by atoms with Crippen LogP contribution in [0.15, 0.2) is 31.1 Å². The molecule has 1 unspecified atom stereocenters. The van der Waals surface area contributed by atoms with Crippen LogP contribution in [0.5, 0.6) is 0 Å². The Balaban J connectivity index is 1.66. The van der Waals surface area contributed by atoms with E-state index < -0.39 is 0 Å². The highest BCUT2D eigenvalue weighted by atomic mass is 16.2. The Kier molecular flexibility index (Phi) is 4.46. The van der Waals surface area contributed by atoms with Crippen LogP contribution in [0.2, 0.25) is 0 Å². The maximum atomic E-state index is 11.7. The van der Waals surface area contributed by atoms with Gasteiger partial charge in [0.05, 0.1) is 0 Å². The Hall–Kier alpha value is -2.24. The topological polar surface area (TPSA) is 63.9 Å². The lowest BCUT2D eigenvalue weighted by molar-refractivity contribution is -0.132. The number of carbonyl (C=O) groups is 1. The van der Waals surface area contributed by atoms with Crippen molar-refractivity contribution >= 4 is 5.91 Å². The predicted octanol–water partition coefficient (Wildman–Crippen LogP) is 2.00. The molecule has 2 aromatic heterocycles. The van der Waals surface area contributed by atoms with E-state index in [1.165, 1.54) is 6.42 Å². The van der Waals surface area contributed by atoms with Gasteiger partial charge < -0.3 is 4.90 Å². The van der Waals surface area contributed by atoms with E-state index in [1.807, 2.05) is 21.7 Å². The maximum absolute atomic E-state index is 11.7. The number of amides is 1. The number of carbonyl (C=O) groups excluding carboxylic acids is 1. The van der Waals surface area contributed by atoms with Crippen molar-refractivity contribution in [1.29, 1.82) is 0 Å². The fourth-order valence-corrected chi connectivity index (χ4v) is 3.09. The Labute approximate surface area is 130 Å². The number of rotatable bonds is 4. The molecule has 1 fully saturated rings. The smallest absolute Gasteiger partial charge is 0.219 e. The molecule has 1 aliphatic heterocycles. The Morgan fingerprint density at radius 1 is 1.36 bits per heavy atom. The minimum absolute atomic E-state index is 0.187. The highest BCUT2D eigenvalue weighted by Crippen LogP contribution is 2.21. The average Bonchev–Trinajstić information content (AvgIpc) is 3.08. The van der Waals surface area contributed by atoms with E-state index in [0.29, 0.717) is 6.04 Å². The van der Waals surface area contributed by atoms with Crippen molar-refractivity contribution in [3.63, 3.8) is 0 Å². The number of piperidine rings is 1. The first-order chi connectivity index (χ1) is 10.7. The lowest BCUT2D eigenvalue weighted by Gasteiger charge is -2.35. The van der Waals surface area contributed by atoms with E-state index >= 15 is 0 Å². The summed E-state index contributed by atoms with van der Waals surface area (Å²) in [7, 11) is 0. The number of imidazole rings is 1. The van der Waals surface area contributed by atoms with Crippen molar-refractivity contribution in [1.82, 2.24) is 24.4 Å². The van der Waals surface area contributed by atoms with Crippen LogP contribution in [-0.4, -0.2) is 42.9 Å². The molecule has 1 amide bonds. The molecule has 116 valence electrons. The van der Waals surface area contributed by atoms with E-state index in [4.69, 9.17) is 0 Å². The van der Waals surface area contributed by atoms with Gasteiger partial charge in [-0.2, -0.15) is 0 Å². The van der Waals surface area contributed by atoms with Crippen LogP contribution >= 0.6 is 0 Å². The maximum Gasteiger partial charge on any atom is 0.219 e. The summed E-state index contributed by atoms with van der Waals surface area (Å²) >= 11 is 0. The third-order valence-corrected chi connectivity index (χ3v) is 4.24. The van der Waals surface area contributed by atoms with Crippen molar-refractivity contribution in [3.05, 3.63) is 36.8 Å². The van der Waals surface area contributed by atoms with Gasteiger partial charge in [0.2, 0.25) is 5.91 Å². The highest BCUT2D eigenvalue weighted by molar-refractivity contribution is 5.73. The molecule has 6 heteroatoms. The van der Waals surface area contributed by atoms with E-state index in [1.54, 1.807) is 25.8 Å². The number of aryl methyl sites for hydroxylation is 1. The molecule has 1 atom stereocenters. The molecule has 22 heavy (non-hydrogen) atoms. The number of likely N-dealkylation sites (tertiary alicyclic amines) is 1. The molecule has 1 aliphatic rings. The zero-order chi connectivity index (χ0) is 15.4. The van der Waals surface area contributed by atoms with Crippen LogP contribution in [0.25, 0.3) is 5.82 Å². The molecule has 3 rings (SSSR count). The van der Waals surface area contributed by atoms with E-state index in [2.05, 4.69) is 15.0 Å². The van der Waals surface area contributed by atoms with Crippen LogP contribution in [0.1, 0.15) is 38.3 Å². The molecule has 0 radical (unpaired) electrons. The highest BCUT2D eigenvalue weighted by Gasteiger charge is 2.24. The Bertz CT molecular complexity index is 625. The van der Waals surface area contributed by atoms with Crippen molar-refractivity contribution in [2.45, 2.75) is 45.1 Å². The standard InChI is InChI=1S/C16H21N5O/c1-13(22)21-8-3-2-4-15(21)6-5-14-10-16(19-11-18-14)20-9-7-17-12-20/h7,9-12,15H,2-6,8H2,1H3. The average molecular weight is 299 g/mol. The number of hydrogen-bond acceptors (Lipinski definition) is 4. The molecule has 0 bridgehead atoms. The molecular formula is C16H21N5O. The first-order valence-electron chi connectivity index (χ1n) is 7.80. The van der Waals surface area contributed by atoms with E-state index in [0.717, 1.165) is 43.7 Å². The third-order valence-electron chi connectivity index (χ3n) is 4.24. The summed E-state index contributed by atoms with van der Waals surface area (Å²) in [4.78, 5) is 26.4. The van der Waals surface area contributed by atoms with Crippen molar-refractivity contribution in [2.24, 2.45) is 0 Å². The zero-order valence-corrected chi connectivity index (χ0v) is 12.9. The van der Waals surface area contributed by atoms with E-state index in [-0.39, 0.29) is 5.91 Å². The monoisotopic (exact) mass is 299 g/mol. The van der Waals surface area contributed by atoms with Crippen LogP contribution < -0.4 is 0 Å². The van der Waals surface area contributed by atoms with Crippen molar-refractivity contribution < 1.29 is 4.79 Å². The molecular weight excluding hydrogens is 278 g/mol. The quantitative estimate of drug-likeness (QED) is 0.866. The van der Waals surface area contributed by atoms with Gasteiger partial charge in [-0.1, -0.05) is 0 Å². The molecule has 1 saturated heterocycles. The predicted molar refractivity (Wildman–Crippen MR) is 82.5 cm³/mol. The van der Waals surface area contributed by atoms with Crippen molar-refractivity contribution in [3.8, 4) is 5.82 Å². The fourth-order valence-electron chi connectivity index (χ4n) is 3.09. The SMILES string of the molecule is CC(=O)N1CCCCC1CCc1cc(-n2ccnc2)ncn1. The number of hydrogen-bond donors (Lipinski definition) is 0. The fraction of sp³-hybridized carbons (Fsp3) is 0.500.